The van der Waals surface area contributed by atoms with Gasteiger partial charge < -0.3 is 10.1 Å². The van der Waals surface area contributed by atoms with Crippen LogP contribution in [-0.4, -0.2) is 19.2 Å². The Morgan fingerprint density at radius 1 is 1.53 bits per heavy atom. The van der Waals surface area contributed by atoms with E-state index in [-0.39, 0.29) is 0 Å². The van der Waals surface area contributed by atoms with E-state index in [0.29, 0.717) is 11.1 Å². The zero-order valence-electron chi connectivity index (χ0n) is 8.30. The van der Waals surface area contributed by atoms with Crippen LogP contribution in [0.25, 0.3) is 0 Å². The molecule has 15 heavy (non-hydrogen) atoms. The van der Waals surface area contributed by atoms with Crippen molar-refractivity contribution in [1.82, 2.24) is 5.32 Å². The second-order valence-corrected chi connectivity index (χ2v) is 4.97. The topological polar surface area (TPSA) is 21.3 Å². The van der Waals surface area contributed by atoms with E-state index in [0.717, 1.165) is 23.4 Å². The fraction of sp³-hybridized carbons (Fsp3) is 0.455. The van der Waals surface area contributed by atoms with Gasteiger partial charge in [0.25, 0.3) is 0 Å². The lowest BCUT2D eigenvalue weighted by Gasteiger charge is -2.13. The van der Waals surface area contributed by atoms with Gasteiger partial charge in [0, 0.05) is 11.1 Å². The maximum Gasteiger partial charge on any atom is 0.133 e. The van der Waals surface area contributed by atoms with Crippen molar-refractivity contribution < 1.29 is 4.74 Å². The van der Waals surface area contributed by atoms with Crippen LogP contribution >= 0.6 is 27.5 Å². The van der Waals surface area contributed by atoms with Crippen LogP contribution in [0.1, 0.15) is 12.8 Å². The Kier molecular flexibility index (Phi) is 3.89. The molecule has 1 N–H and O–H groups in total. The van der Waals surface area contributed by atoms with E-state index in [1.807, 2.05) is 18.2 Å². The number of halogens is 2. The van der Waals surface area contributed by atoms with Crippen molar-refractivity contribution in [2.75, 3.05) is 13.2 Å². The number of hydrogen-bond acceptors (Lipinski definition) is 2. The summed E-state index contributed by atoms with van der Waals surface area (Å²) in [7, 11) is 0. The van der Waals surface area contributed by atoms with Crippen LogP contribution in [0.3, 0.4) is 0 Å². The van der Waals surface area contributed by atoms with E-state index in [4.69, 9.17) is 16.3 Å². The second-order valence-electron chi connectivity index (χ2n) is 3.68. The van der Waals surface area contributed by atoms with Crippen LogP contribution in [-0.2, 0) is 0 Å². The molecule has 4 heteroatoms. The maximum atomic E-state index is 5.85. The maximum absolute atomic E-state index is 5.85. The third-order valence-electron chi connectivity index (χ3n) is 2.50. The van der Waals surface area contributed by atoms with Crippen LogP contribution in [0.4, 0.5) is 0 Å². The van der Waals surface area contributed by atoms with Gasteiger partial charge in [0.1, 0.15) is 12.4 Å². The van der Waals surface area contributed by atoms with E-state index in [1.54, 1.807) is 0 Å². The Hall–Kier alpha value is -0.250. The fourth-order valence-electron chi connectivity index (χ4n) is 1.68. The molecule has 0 amide bonds. The van der Waals surface area contributed by atoms with Crippen molar-refractivity contribution in [2.45, 2.75) is 18.9 Å². The quantitative estimate of drug-likeness (QED) is 0.923. The van der Waals surface area contributed by atoms with Gasteiger partial charge >= 0.3 is 0 Å². The highest BCUT2D eigenvalue weighted by atomic mass is 79.9. The van der Waals surface area contributed by atoms with Crippen LogP contribution in [0, 0.1) is 0 Å². The molecule has 0 unspecified atom stereocenters. The molecule has 1 fully saturated rings. The van der Waals surface area contributed by atoms with Gasteiger partial charge in [0.2, 0.25) is 0 Å². The van der Waals surface area contributed by atoms with Crippen molar-refractivity contribution in [1.29, 1.82) is 0 Å². The molecule has 82 valence electrons. The van der Waals surface area contributed by atoms with Crippen LogP contribution in [0.2, 0.25) is 5.02 Å². The van der Waals surface area contributed by atoms with E-state index in [1.165, 1.54) is 12.8 Å². The summed E-state index contributed by atoms with van der Waals surface area (Å²) in [5, 5.41) is 4.11. The minimum atomic E-state index is 0.493. The molecule has 0 radical (unpaired) electrons. The summed E-state index contributed by atoms with van der Waals surface area (Å²) in [4.78, 5) is 0. The first-order chi connectivity index (χ1) is 7.25. The third kappa shape index (κ3) is 3.10. The van der Waals surface area contributed by atoms with Gasteiger partial charge in [0.05, 0.1) is 4.47 Å². The fourth-order valence-corrected chi connectivity index (χ4v) is 2.48. The molecule has 1 aliphatic rings. The second kappa shape index (κ2) is 5.19. The van der Waals surface area contributed by atoms with Crippen LogP contribution in [0.5, 0.6) is 5.75 Å². The van der Waals surface area contributed by atoms with Crippen LogP contribution in [0.15, 0.2) is 22.7 Å². The Labute approximate surface area is 103 Å². The molecule has 1 heterocycles. The van der Waals surface area contributed by atoms with Crippen molar-refractivity contribution in [2.24, 2.45) is 0 Å². The van der Waals surface area contributed by atoms with E-state index < -0.39 is 0 Å². The highest BCUT2D eigenvalue weighted by Gasteiger charge is 2.14. The molecule has 2 rings (SSSR count). The van der Waals surface area contributed by atoms with Gasteiger partial charge in [-0.05, 0) is 53.5 Å². The molecule has 2 nitrogen and oxygen atoms in total. The predicted octanol–water partition coefficient (Wildman–Crippen LogP) is 3.23. The molecule has 0 aliphatic carbocycles. The molecule has 1 aromatic carbocycles. The third-order valence-corrected chi connectivity index (χ3v) is 3.35. The standard InChI is InChI=1S/C11H13BrClNO/c12-10-6-8(13)3-4-11(10)15-7-9-2-1-5-14-9/h3-4,6,9,14H,1-2,5,7H2/t9-/m0/s1. The number of hydrogen-bond donors (Lipinski definition) is 1. The zero-order valence-corrected chi connectivity index (χ0v) is 10.6. The van der Waals surface area contributed by atoms with Gasteiger partial charge in [0.15, 0.2) is 0 Å². The summed E-state index contributed by atoms with van der Waals surface area (Å²) in [5.74, 6) is 0.855. The average Bonchev–Trinajstić information content (AvgIpc) is 2.69. The molecule has 1 aromatic rings. The summed E-state index contributed by atoms with van der Waals surface area (Å²) in [6.45, 7) is 1.83. The zero-order chi connectivity index (χ0) is 10.7. The molecule has 1 aliphatic heterocycles. The molecule has 1 atom stereocenters. The van der Waals surface area contributed by atoms with Gasteiger partial charge in [-0.15, -0.1) is 0 Å². The summed E-state index contributed by atoms with van der Waals surface area (Å²) >= 11 is 9.27. The van der Waals surface area contributed by atoms with E-state index in [2.05, 4.69) is 21.2 Å². The van der Waals surface area contributed by atoms with Gasteiger partial charge in [-0.3, -0.25) is 0 Å². The van der Waals surface area contributed by atoms with Crippen LogP contribution < -0.4 is 10.1 Å². The smallest absolute Gasteiger partial charge is 0.133 e. The number of nitrogens with one attached hydrogen (secondary N) is 1. The van der Waals surface area contributed by atoms with Crippen molar-refractivity contribution in [3.63, 3.8) is 0 Å². The first-order valence-electron chi connectivity index (χ1n) is 5.07. The van der Waals surface area contributed by atoms with Gasteiger partial charge in [-0.25, -0.2) is 0 Å². The number of benzene rings is 1. The van der Waals surface area contributed by atoms with Gasteiger partial charge in [-0.1, -0.05) is 11.6 Å². The Morgan fingerprint density at radius 3 is 3.07 bits per heavy atom. The minimum absolute atomic E-state index is 0.493. The molecular formula is C11H13BrClNO. The molecule has 0 aromatic heterocycles. The Bertz CT molecular complexity index is 339. The predicted molar refractivity (Wildman–Crippen MR) is 65.7 cm³/mol. The highest BCUT2D eigenvalue weighted by molar-refractivity contribution is 9.10. The highest BCUT2D eigenvalue weighted by Crippen LogP contribution is 2.28. The number of rotatable bonds is 3. The van der Waals surface area contributed by atoms with E-state index >= 15 is 0 Å². The SMILES string of the molecule is Clc1ccc(OC[C@@H]2CCCN2)c(Br)c1. The molecule has 0 saturated carbocycles. The molecule has 0 bridgehead atoms. The monoisotopic (exact) mass is 289 g/mol. The lowest BCUT2D eigenvalue weighted by molar-refractivity contribution is 0.275. The molecular weight excluding hydrogens is 277 g/mol. The van der Waals surface area contributed by atoms with E-state index in [9.17, 15) is 0 Å². The lowest BCUT2D eigenvalue weighted by Crippen LogP contribution is -2.28. The molecule has 0 spiro atoms. The van der Waals surface area contributed by atoms with Crippen molar-refractivity contribution >= 4 is 27.5 Å². The normalized spacial score (nSPS) is 20.5. The largest absolute Gasteiger partial charge is 0.491 e. The first kappa shape index (κ1) is 11.2. The summed E-state index contributed by atoms with van der Waals surface area (Å²) < 4.78 is 6.62. The first-order valence-corrected chi connectivity index (χ1v) is 6.24. The Morgan fingerprint density at radius 2 is 2.40 bits per heavy atom. The Balaban J connectivity index is 1.92. The van der Waals surface area contributed by atoms with Gasteiger partial charge in [-0.2, -0.15) is 0 Å². The summed E-state index contributed by atoms with van der Waals surface area (Å²) in [6, 6.07) is 6.07. The van der Waals surface area contributed by atoms with Crippen molar-refractivity contribution in [3.8, 4) is 5.75 Å². The lowest BCUT2D eigenvalue weighted by atomic mass is 10.2. The summed E-state index contributed by atoms with van der Waals surface area (Å²) in [5.41, 5.74) is 0. The van der Waals surface area contributed by atoms with Crippen molar-refractivity contribution in [3.05, 3.63) is 27.7 Å². The average molecular weight is 291 g/mol. The number of ether oxygens (including phenoxy) is 1. The minimum Gasteiger partial charge on any atom is -0.491 e. The molecule has 1 saturated heterocycles. The summed E-state index contributed by atoms with van der Waals surface area (Å²) in [6.07, 6.45) is 2.45.